The van der Waals surface area contributed by atoms with Gasteiger partial charge in [-0.3, -0.25) is 10.1 Å². The number of hydrogen-bond donors (Lipinski definition) is 2. The van der Waals surface area contributed by atoms with Crippen molar-refractivity contribution in [3.05, 3.63) is 34.9 Å². The lowest BCUT2D eigenvalue weighted by Gasteiger charge is -2.14. The van der Waals surface area contributed by atoms with Gasteiger partial charge < -0.3 is 5.32 Å². The first-order valence-corrected chi connectivity index (χ1v) is 8.54. The number of amides is 1. The van der Waals surface area contributed by atoms with Gasteiger partial charge in [-0.2, -0.15) is 0 Å². The van der Waals surface area contributed by atoms with Gasteiger partial charge in [-0.1, -0.05) is 11.6 Å². The van der Waals surface area contributed by atoms with Crippen LogP contribution in [0.15, 0.2) is 24.3 Å². The number of hydrogen-bond acceptors (Lipinski definition) is 4. The maximum Gasteiger partial charge on any atom is 0.257 e. The molecule has 0 spiro atoms. The summed E-state index contributed by atoms with van der Waals surface area (Å²) in [5.74, 6) is -0.164. The van der Waals surface area contributed by atoms with Crippen molar-refractivity contribution in [2.24, 2.45) is 0 Å². The highest BCUT2D eigenvalue weighted by atomic mass is 35.5. The first-order valence-electron chi connectivity index (χ1n) is 5.93. The maximum absolute atomic E-state index is 11.9. The minimum absolute atomic E-state index is 0.0456. The molecule has 1 heterocycles. The Bertz CT molecular complexity index is 629. The number of nitrogens with one attached hydrogen (secondary N) is 2. The zero-order valence-electron chi connectivity index (χ0n) is 10.4. The number of carbonyl (C=O) groups is 1. The standard InChI is InChI=1S/C12H13ClN2O3S2/c13-9-3-1-8(2-4-9)11(16)15-12(19)14-10-5-6-20(17,18)7-10/h1-4,10H,5-7H2,(H2,14,15,16,19)/t10-/m1/s1. The highest BCUT2D eigenvalue weighted by Gasteiger charge is 2.28. The Hall–Kier alpha value is -1.18. The number of carbonyl (C=O) groups excluding carboxylic acids is 1. The zero-order chi connectivity index (χ0) is 14.8. The molecule has 1 aromatic rings. The Kier molecular flexibility index (Phi) is 4.62. The largest absolute Gasteiger partial charge is 0.359 e. The Morgan fingerprint density at radius 1 is 1.30 bits per heavy atom. The molecule has 2 rings (SSSR count). The van der Waals surface area contributed by atoms with E-state index >= 15 is 0 Å². The molecule has 0 radical (unpaired) electrons. The van der Waals surface area contributed by atoms with Crippen molar-refractivity contribution in [3.8, 4) is 0 Å². The molecule has 1 aromatic carbocycles. The Morgan fingerprint density at radius 2 is 1.95 bits per heavy atom. The van der Waals surface area contributed by atoms with Crippen LogP contribution in [0.3, 0.4) is 0 Å². The summed E-state index contributed by atoms with van der Waals surface area (Å²) in [6.07, 6.45) is 0.499. The van der Waals surface area contributed by atoms with Crippen LogP contribution in [0.5, 0.6) is 0 Å². The Morgan fingerprint density at radius 3 is 2.50 bits per heavy atom. The first-order chi connectivity index (χ1) is 9.35. The van der Waals surface area contributed by atoms with Crippen LogP contribution >= 0.6 is 23.8 Å². The fraction of sp³-hybridized carbons (Fsp3) is 0.333. The van der Waals surface area contributed by atoms with Crippen molar-refractivity contribution in [2.75, 3.05) is 11.5 Å². The third-order valence-electron chi connectivity index (χ3n) is 2.90. The predicted molar refractivity (Wildman–Crippen MR) is 81.7 cm³/mol. The van der Waals surface area contributed by atoms with Crippen molar-refractivity contribution >= 4 is 44.7 Å². The van der Waals surface area contributed by atoms with Gasteiger partial charge in [0.2, 0.25) is 0 Å². The molecule has 20 heavy (non-hydrogen) atoms. The molecule has 0 saturated carbocycles. The predicted octanol–water partition coefficient (Wildman–Crippen LogP) is 1.13. The van der Waals surface area contributed by atoms with E-state index in [0.29, 0.717) is 17.0 Å². The molecule has 0 aliphatic carbocycles. The van der Waals surface area contributed by atoms with Gasteiger partial charge in [0, 0.05) is 16.6 Å². The third-order valence-corrected chi connectivity index (χ3v) is 5.14. The van der Waals surface area contributed by atoms with E-state index in [0.717, 1.165) is 0 Å². The van der Waals surface area contributed by atoms with Crippen molar-refractivity contribution < 1.29 is 13.2 Å². The molecular formula is C12H13ClN2O3S2. The summed E-state index contributed by atoms with van der Waals surface area (Å²) >= 11 is 10.7. The van der Waals surface area contributed by atoms with Crippen LogP contribution in [0.1, 0.15) is 16.8 Å². The van der Waals surface area contributed by atoms with Crippen LogP contribution < -0.4 is 10.6 Å². The Labute approximate surface area is 127 Å². The fourth-order valence-corrected chi connectivity index (χ4v) is 3.97. The maximum atomic E-state index is 11.9. The number of thiocarbonyl (C=S) groups is 1. The highest BCUT2D eigenvalue weighted by molar-refractivity contribution is 7.91. The topological polar surface area (TPSA) is 75.3 Å². The smallest absolute Gasteiger partial charge is 0.257 e. The van der Waals surface area contributed by atoms with Gasteiger partial charge in [-0.25, -0.2) is 8.42 Å². The zero-order valence-corrected chi connectivity index (χ0v) is 12.8. The van der Waals surface area contributed by atoms with E-state index in [9.17, 15) is 13.2 Å². The van der Waals surface area contributed by atoms with Crippen LogP contribution in [-0.4, -0.2) is 37.0 Å². The van der Waals surface area contributed by atoms with E-state index in [4.69, 9.17) is 23.8 Å². The van der Waals surface area contributed by atoms with Crippen molar-refractivity contribution in [1.29, 1.82) is 0 Å². The van der Waals surface area contributed by atoms with Crippen LogP contribution in [0.2, 0.25) is 5.02 Å². The average Bonchev–Trinajstić information content (AvgIpc) is 2.69. The molecule has 1 saturated heterocycles. The molecule has 1 amide bonds. The molecule has 1 aliphatic heterocycles. The summed E-state index contributed by atoms with van der Waals surface area (Å²) in [5, 5.41) is 6.03. The second-order valence-electron chi connectivity index (χ2n) is 4.53. The van der Waals surface area contributed by atoms with Crippen molar-refractivity contribution in [3.63, 3.8) is 0 Å². The molecule has 0 bridgehead atoms. The molecule has 1 fully saturated rings. The van der Waals surface area contributed by atoms with Crippen LogP contribution in [0.25, 0.3) is 0 Å². The van der Waals surface area contributed by atoms with Gasteiger partial charge in [0.25, 0.3) is 5.91 Å². The quantitative estimate of drug-likeness (QED) is 0.794. The minimum atomic E-state index is -2.98. The molecular weight excluding hydrogens is 320 g/mol. The number of sulfone groups is 1. The van der Waals surface area contributed by atoms with Crippen LogP contribution in [0.4, 0.5) is 0 Å². The highest BCUT2D eigenvalue weighted by Crippen LogP contribution is 2.11. The van der Waals surface area contributed by atoms with Crippen molar-refractivity contribution in [1.82, 2.24) is 10.6 Å². The molecule has 5 nitrogen and oxygen atoms in total. The van der Waals surface area contributed by atoms with Gasteiger partial charge in [0.15, 0.2) is 14.9 Å². The van der Waals surface area contributed by atoms with E-state index in [1.54, 1.807) is 24.3 Å². The summed E-state index contributed by atoms with van der Waals surface area (Å²) in [6.45, 7) is 0. The summed E-state index contributed by atoms with van der Waals surface area (Å²) in [6, 6.07) is 6.14. The first kappa shape index (κ1) is 15.2. The second-order valence-corrected chi connectivity index (χ2v) is 7.61. The second kappa shape index (κ2) is 6.07. The van der Waals surface area contributed by atoms with Gasteiger partial charge in [0.05, 0.1) is 11.5 Å². The molecule has 8 heteroatoms. The van der Waals surface area contributed by atoms with E-state index in [2.05, 4.69) is 10.6 Å². The average molecular weight is 333 g/mol. The van der Waals surface area contributed by atoms with E-state index in [-0.39, 0.29) is 28.6 Å². The molecule has 0 aromatic heterocycles. The fourth-order valence-electron chi connectivity index (χ4n) is 1.91. The van der Waals surface area contributed by atoms with E-state index < -0.39 is 9.84 Å². The number of benzene rings is 1. The van der Waals surface area contributed by atoms with Crippen LogP contribution in [0, 0.1) is 0 Å². The minimum Gasteiger partial charge on any atom is -0.359 e. The number of rotatable bonds is 2. The monoisotopic (exact) mass is 332 g/mol. The normalized spacial score (nSPS) is 20.4. The Balaban J connectivity index is 1.88. The molecule has 1 atom stereocenters. The summed E-state index contributed by atoms with van der Waals surface area (Å²) in [4.78, 5) is 11.9. The molecule has 108 valence electrons. The summed E-state index contributed by atoms with van der Waals surface area (Å²) in [7, 11) is -2.98. The third kappa shape index (κ3) is 4.16. The lowest BCUT2D eigenvalue weighted by molar-refractivity contribution is 0.0976. The van der Waals surface area contributed by atoms with Gasteiger partial charge in [-0.05, 0) is 42.9 Å². The van der Waals surface area contributed by atoms with Gasteiger partial charge in [-0.15, -0.1) is 0 Å². The van der Waals surface area contributed by atoms with Gasteiger partial charge in [0.1, 0.15) is 0 Å². The van der Waals surface area contributed by atoms with Gasteiger partial charge >= 0.3 is 0 Å². The molecule has 2 N–H and O–H groups in total. The van der Waals surface area contributed by atoms with E-state index in [1.807, 2.05) is 0 Å². The van der Waals surface area contributed by atoms with Crippen LogP contribution in [-0.2, 0) is 9.84 Å². The van der Waals surface area contributed by atoms with E-state index in [1.165, 1.54) is 0 Å². The summed E-state index contributed by atoms with van der Waals surface area (Å²) in [5.41, 5.74) is 0.428. The summed E-state index contributed by atoms with van der Waals surface area (Å²) < 4.78 is 22.6. The molecule has 1 aliphatic rings. The lowest BCUT2D eigenvalue weighted by Crippen LogP contribution is -2.44. The molecule has 0 unspecified atom stereocenters. The lowest BCUT2D eigenvalue weighted by atomic mass is 10.2. The number of halogens is 1. The SMILES string of the molecule is O=C(NC(=S)N[C@@H]1CCS(=O)(=O)C1)c1ccc(Cl)cc1. The van der Waals surface area contributed by atoms with Crippen molar-refractivity contribution in [2.45, 2.75) is 12.5 Å².